The molecule has 2 rings (SSSR count). The summed E-state index contributed by atoms with van der Waals surface area (Å²) in [5.41, 5.74) is -0.691. The molecule has 1 fully saturated rings. The molecule has 1 saturated heterocycles. The summed E-state index contributed by atoms with van der Waals surface area (Å²) in [6.45, 7) is 11.5. The Bertz CT molecular complexity index is 530. The number of benzene rings is 1. The van der Waals surface area contributed by atoms with Gasteiger partial charge in [0.15, 0.2) is 11.6 Å². The maximum absolute atomic E-state index is 14.7. The van der Waals surface area contributed by atoms with Crippen LogP contribution in [0.1, 0.15) is 41.5 Å². The molecule has 0 atom stereocenters. The van der Waals surface area contributed by atoms with E-state index in [2.05, 4.69) is 15.9 Å². The van der Waals surface area contributed by atoms with Crippen molar-refractivity contribution in [3.8, 4) is 5.75 Å². The number of hydrogen-bond donors (Lipinski definition) is 0. The third-order valence-corrected chi connectivity index (χ3v) is 4.63. The minimum atomic E-state index is -0.764. The Labute approximate surface area is 134 Å². The van der Waals surface area contributed by atoms with Gasteiger partial charge in [-0.15, -0.1) is 0 Å². The van der Waals surface area contributed by atoms with E-state index in [0.29, 0.717) is 9.94 Å². The van der Waals surface area contributed by atoms with E-state index in [9.17, 15) is 4.39 Å². The summed E-state index contributed by atoms with van der Waals surface area (Å²) in [6, 6.07) is 3.36. The van der Waals surface area contributed by atoms with Gasteiger partial charge >= 0.3 is 7.12 Å². The van der Waals surface area contributed by atoms with Gasteiger partial charge in [-0.3, -0.25) is 0 Å². The highest BCUT2D eigenvalue weighted by Gasteiger charge is 2.53. The zero-order valence-electron chi connectivity index (χ0n) is 13.3. The third kappa shape index (κ3) is 3.12. The van der Waals surface area contributed by atoms with Gasteiger partial charge < -0.3 is 14.0 Å². The Hall–Kier alpha value is -0.585. The quantitative estimate of drug-likeness (QED) is 0.771. The van der Waals surface area contributed by atoms with Gasteiger partial charge in [-0.25, -0.2) is 4.39 Å². The topological polar surface area (TPSA) is 27.7 Å². The molecule has 6 heteroatoms. The van der Waals surface area contributed by atoms with Crippen LogP contribution in [0.4, 0.5) is 4.39 Å². The van der Waals surface area contributed by atoms with Gasteiger partial charge in [0.1, 0.15) is 0 Å². The van der Waals surface area contributed by atoms with Crippen LogP contribution in [0.5, 0.6) is 5.75 Å². The first-order chi connectivity index (χ1) is 9.55. The number of ether oxygens (including phenoxy) is 1. The van der Waals surface area contributed by atoms with Crippen molar-refractivity contribution in [3.63, 3.8) is 0 Å². The number of halogens is 2. The van der Waals surface area contributed by atoms with Crippen LogP contribution in [-0.2, 0) is 9.31 Å². The lowest BCUT2D eigenvalue weighted by Gasteiger charge is -2.32. The monoisotopic (exact) mass is 358 g/mol. The molecule has 1 aromatic rings. The summed E-state index contributed by atoms with van der Waals surface area (Å²) >= 11 is 3.38. The van der Waals surface area contributed by atoms with Crippen molar-refractivity contribution in [2.24, 2.45) is 0 Å². The molecule has 0 saturated carbocycles. The normalized spacial score (nSPS) is 20.1. The van der Waals surface area contributed by atoms with Crippen LogP contribution in [0.25, 0.3) is 0 Å². The lowest BCUT2D eigenvalue weighted by atomic mass is 9.78. The molecule has 0 amide bonds. The van der Waals surface area contributed by atoms with Gasteiger partial charge in [-0.2, -0.15) is 0 Å². The molecule has 0 unspecified atom stereocenters. The van der Waals surface area contributed by atoms with E-state index in [-0.39, 0.29) is 11.9 Å². The molecule has 0 radical (unpaired) electrons. The van der Waals surface area contributed by atoms with Crippen LogP contribution < -0.4 is 10.2 Å². The summed E-state index contributed by atoms with van der Waals surface area (Å²) in [4.78, 5) is 0. The minimum absolute atomic E-state index is 0.105. The Morgan fingerprint density at radius 3 is 2.14 bits per heavy atom. The van der Waals surface area contributed by atoms with Crippen molar-refractivity contribution in [1.82, 2.24) is 0 Å². The lowest BCUT2D eigenvalue weighted by molar-refractivity contribution is 0.00578. The van der Waals surface area contributed by atoms with E-state index in [4.69, 9.17) is 14.0 Å². The van der Waals surface area contributed by atoms with Crippen LogP contribution in [0.15, 0.2) is 16.6 Å². The molecular formula is C15H21BBrFO3. The number of rotatable bonds is 3. The average Bonchev–Trinajstić information content (AvgIpc) is 2.51. The highest BCUT2D eigenvalue weighted by atomic mass is 79.9. The second kappa shape index (κ2) is 5.56. The minimum Gasteiger partial charge on any atom is -0.488 e. The maximum Gasteiger partial charge on any atom is 0.499 e. The van der Waals surface area contributed by atoms with Gasteiger partial charge in [0.2, 0.25) is 0 Å². The van der Waals surface area contributed by atoms with E-state index in [1.807, 2.05) is 41.5 Å². The van der Waals surface area contributed by atoms with Crippen molar-refractivity contribution in [2.45, 2.75) is 58.8 Å². The molecule has 0 spiro atoms. The molecule has 1 aromatic carbocycles. The molecule has 21 heavy (non-hydrogen) atoms. The molecule has 0 aliphatic carbocycles. The summed E-state index contributed by atoms with van der Waals surface area (Å²) < 4.78 is 32.7. The van der Waals surface area contributed by atoms with E-state index in [0.717, 1.165) is 0 Å². The van der Waals surface area contributed by atoms with Crippen LogP contribution in [-0.4, -0.2) is 24.4 Å². The van der Waals surface area contributed by atoms with Crippen molar-refractivity contribution >= 4 is 28.5 Å². The summed E-state index contributed by atoms with van der Waals surface area (Å²) in [5.74, 6) is -0.241. The first-order valence-electron chi connectivity index (χ1n) is 7.05. The van der Waals surface area contributed by atoms with Crippen molar-refractivity contribution in [2.75, 3.05) is 0 Å². The average molecular weight is 359 g/mol. The molecule has 0 aromatic heterocycles. The molecule has 0 bridgehead atoms. The molecule has 1 aliphatic heterocycles. The van der Waals surface area contributed by atoms with Crippen LogP contribution in [0.2, 0.25) is 0 Å². The van der Waals surface area contributed by atoms with Crippen molar-refractivity contribution in [3.05, 3.63) is 22.4 Å². The van der Waals surface area contributed by atoms with E-state index in [1.165, 1.54) is 0 Å². The first kappa shape index (κ1) is 16.8. The van der Waals surface area contributed by atoms with Crippen LogP contribution >= 0.6 is 15.9 Å². The smallest absolute Gasteiger partial charge is 0.488 e. The van der Waals surface area contributed by atoms with Gasteiger partial charge in [-0.05, 0) is 53.7 Å². The molecule has 0 N–H and O–H groups in total. The second-order valence-electron chi connectivity index (χ2n) is 6.53. The van der Waals surface area contributed by atoms with Gasteiger partial charge in [0, 0.05) is 9.94 Å². The highest BCUT2D eigenvalue weighted by Crippen LogP contribution is 2.37. The van der Waals surface area contributed by atoms with Crippen molar-refractivity contribution in [1.29, 1.82) is 0 Å². The van der Waals surface area contributed by atoms with E-state index >= 15 is 0 Å². The first-order valence-corrected chi connectivity index (χ1v) is 7.84. The molecule has 3 nitrogen and oxygen atoms in total. The van der Waals surface area contributed by atoms with E-state index < -0.39 is 24.1 Å². The predicted molar refractivity (Wildman–Crippen MR) is 85.6 cm³/mol. The second-order valence-corrected chi connectivity index (χ2v) is 7.38. The van der Waals surface area contributed by atoms with Crippen LogP contribution in [0, 0.1) is 5.82 Å². The predicted octanol–water partition coefficient (Wildman–Crippen LogP) is 3.67. The zero-order valence-corrected chi connectivity index (χ0v) is 14.9. The SMILES string of the molecule is CC(C)Oc1ccc(Br)c(B2OC(C)(C)C(C)(C)O2)c1F. The maximum atomic E-state index is 14.7. The summed E-state index contributed by atoms with van der Waals surface area (Å²) in [5, 5.41) is 0. The fourth-order valence-electron chi connectivity index (χ4n) is 2.07. The molecular weight excluding hydrogens is 338 g/mol. The fourth-order valence-corrected chi connectivity index (χ4v) is 2.56. The van der Waals surface area contributed by atoms with Crippen LogP contribution in [0.3, 0.4) is 0 Å². The van der Waals surface area contributed by atoms with Gasteiger partial charge in [0.25, 0.3) is 0 Å². The van der Waals surface area contributed by atoms with E-state index in [1.54, 1.807) is 12.1 Å². The lowest BCUT2D eigenvalue weighted by Crippen LogP contribution is -2.41. The molecule has 1 aliphatic rings. The molecule has 116 valence electrons. The summed E-state index contributed by atoms with van der Waals surface area (Å²) in [6.07, 6.45) is -0.105. The Kier molecular flexibility index (Phi) is 4.44. The Morgan fingerprint density at radius 2 is 1.67 bits per heavy atom. The van der Waals surface area contributed by atoms with Crippen molar-refractivity contribution < 1.29 is 18.4 Å². The largest absolute Gasteiger partial charge is 0.499 e. The highest BCUT2D eigenvalue weighted by molar-refractivity contribution is 9.10. The standard InChI is InChI=1S/C15H21BBrFO3/c1-9(2)19-11-8-7-10(17)12(13(11)18)16-20-14(3,4)15(5,6)21-16/h7-9H,1-6H3. The number of hydrogen-bond acceptors (Lipinski definition) is 3. The Morgan fingerprint density at radius 1 is 1.14 bits per heavy atom. The zero-order chi connectivity index (χ0) is 16.0. The fraction of sp³-hybridized carbons (Fsp3) is 0.600. The summed E-state index contributed by atoms with van der Waals surface area (Å²) in [7, 11) is -0.764. The Balaban J connectivity index is 2.41. The van der Waals surface area contributed by atoms with Gasteiger partial charge in [-0.1, -0.05) is 15.9 Å². The van der Waals surface area contributed by atoms with Gasteiger partial charge in [0.05, 0.1) is 17.3 Å². The molecule has 1 heterocycles. The third-order valence-electron chi connectivity index (χ3n) is 3.94.